The third kappa shape index (κ3) is 6.81. The molecule has 4 rings (SSSR count). The van der Waals surface area contributed by atoms with Gasteiger partial charge in [0.25, 0.3) is 5.69 Å². The number of rotatable bonds is 10. The van der Waals surface area contributed by atoms with Crippen molar-refractivity contribution in [2.24, 2.45) is 0 Å². The number of ether oxygens (including phenoxy) is 1. The molecule has 0 radical (unpaired) electrons. The molecule has 0 bridgehead atoms. The zero-order valence-electron chi connectivity index (χ0n) is 20.2. The van der Waals surface area contributed by atoms with Crippen LogP contribution in [0.25, 0.3) is 11.1 Å². The van der Waals surface area contributed by atoms with Crippen molar-refractivity contribution in [3.63, 3.8) is 0 Å². The maximum atomic E-state index is 12.8. The van der Waals surface area contributed by atoms with E-state index in [0.29, 0.717) is 35.4 Å². The van der Waals surface area contributed by atoms with E-state index in [9.17, 15) is 23.3 Å². The summed E-state index contributed by atoms with van der Waals surface area (Å²) in [5.41, 5.74) is 2.68. The van der Waals surface area contributed by atoms with Crippen molar-refractivity contribution in [3.05, 3.63) is 124 Å². The Labute approximate surface area is 220 Å². The van der Waals surface area contributed by atoms with Gasteiger partial charge in [0.05, 0.1) is 9.82 Å². The van der Waals surface area contributed by atoms with Crippen molar-refractivity contribution in [1.29, 1.82) is 0 Å². The van der Waals surface area contributed by atoms with E-state index in [-0.39, 0.29) is 17.1 Å². The molecule has 0 saturated carbocycles. The fourth-order valence-electron chi connectivity index (χ4n) is 3.83. The minimum absolute atomic E-state index is 0.0845. The number of amides is 1. The predicted molar refractivity (Wildman–Crippen MR) is 143 cm³/mol. The van der Waals surface area contributed by atoms with E-state index >= 15 is 0 Å². The molecule has 0 atom stereocenters. The zero-order chi connectivity index (χ0) is 27.0. The van der Waals surface area contributed by atoms with E-state index < -0.39 is 21.0 Å². The Morgan fingerprint density at radius 3 is 2.29 bits per heavy atom. The average Bonchev–Trinajstić information content (AvgIpc) is 2.93. The Balaban J connectivity index is 1.48. The van der Waals surface area contributed by atoms with E-state index in [1.54, 1.807) is 48.5 Å². The van der Waals surface area contributed by atoms with Gasteiger partial charge in [-0.05, 0) is 35.2 Å². The van der Waals surface area contributed by atoms with Crippen molar-refractivity contribution < 1.29 is 22.9 Å². The van der Waals surface area contributed by atoms with E-state index in [4.69, 9.17) is 4.74 Å². The van der Waals surface area contributed by atoms with Crippen molar-refractivity contribution in [1.82, 2.24) is 10.0 Å². The van der Waals surface area contributed by atoms with Crippen LogP contribution in [0.5, 0.6) is 5.75 Å². The van der Waals surface area contributed by atoms with Crippen LogP contribution in [0, 0.1) is 10.1 Å². The number of hydrogen-bond acceptors (Lipinski definition) is 6. The van der Waals surface area contributed by atoms with Crippen molar-refractivity contribution in [2.75, 3.05) is 6.54 Å². The number of carbonyl (C=O) groups excluding carboxylic acids is 1. The van der Waals surface area contributed by atoms with Gasteiger partial charge in [-0.1, -0.05) is 78.9 Å². The lowest BCUT2D eigenvalue weighted by Gasteiger charge is -2.15. The number of sulfonamides is 1. The number of nitrogens with one attached hydrogen (secondary N) is 2. The Morgan fingerprint density at radius 2 is 1.53 bits per heavy atom. The number of nitrogens with zero attached hydrogens (tertiary/aromatic N) is 1. The second kappa shape index (κ2) is 12.1. The van der Waals surface area contributed by atoms with E-state index in [1.807, 2.05) is 30.3 Å². The number of carbonyl (C=O) groups is 1. The van der Waals surface area contributed by atoms with Crippen LogP contribution in [0.1, 0.15) is 11.1 Å². The standard InChI is InChI=1S/C28H25N3O6S/c32-28(29-18-17-21-9-2-1-3-10-21)37-27-16-7-6-15-26(27)25-14-5-4-11-22(25)20-30-38(35,36)24-13-8-12-23(19-24)31(33)34/h1-16,19,30H,17-18,20H2,(H,29,32). The van der Waals surface area contributed by atoms with Crippen molar-refractivity contribution >= 4 is 21.8 Å². The largest absolute Gasteiger partial charge is 0.412 e. The van der Waals surface area contributed by atoms with Crippen molar-refractivity contribution in [3.8, 4) is 16.9 Å². The number of non-ortho nitro benzene ring substituents is 1. The van der Waals surface area contributed by atoms with Gasteiger partial charge in [0, 0.05) is 30.8 Å². The molecule has 0 heterocycles. The minimum Gasteiger partial charge on any atom is -0.410 e. The summed E-state index contributed by atoms with van der Waals surface area (Å²) in [6.45, 7) is 0.319. The summed E-state index contributed by atoms with van der Waals surface area (Å²) in [5.74, 6) is 0.318. The first-order valence-corrected chi connectivity index (χ1v) is 13.2. The lowest BCUT2D eigenvalue weighted by Crippen LogP contribution is -2.29. The third-order valence-corrected chi connectivity index (χ3v) is 7.11. The predicted octanol–water partition coefficient (Wildman–Crippen LogP) is 5.07. The van der Waals surface area contributed by atoms with Crippen LogP contribution in [0.4, 0.5) is 10.5 Å². The molecule has 0 fully saturated rings. The second-order valence-corrected chi connectivity index (χ2v) is 10.1. The average molecular weight is 532 g/mol. The monoisotopic (exact) mass is 531 g/mol. The van der Waals surface area contributed by atoms with Gasteiger partial charge in [0.1, 0.15) is 5.75 Å². The number of para-hydroxylation sites is 1. The van der Waals surface area contributed by atoms with Crippen LogP contribution in [0.3, 0.4) is 0 Å². The van der Waals surface area contributed by atoms with Gasteiger partial charge in [-0.15, -0.1) is 0 Å². The minimum atomic E-state index is -4.03. The molecule has 0 aromatic heterocycles. The maximum Gasteiger partial charge on any atom is 0.412 e. The second-order valence-electron chi connectivity index (χ2n) is 8.28. The highest BCUT2D eigenvalue weighted by molar-refractivity contribution is 7.89. The fourth-order valence-corrected chi connectivity index (χ4v) is 4.87. The molecule has 38 heavy (non-hydrogen) atoms. The first kappa shape index (κ1) is 26.5. The molecular weight excluding hydrogens is 506 g/mol. The molecule has 194 valence electrons. The van der Waals surface area contributed by atoms with Gasteiger partial charge < -0.3 is 10.1 Å². The van der Waals surface area contributed by atoms with Gasteiger partial charge >= 0.3 is 6.09 Å². The molecule has 10 heteroatoms. The van der Waals surface area contributed by atoms with Crippen LogP contribution in [-0.2, 0) is 23.0 Å². The summed E-state index contributed by atoms with van der Waals surface area (Å²) in [4.78, 5) is 22.7. The van der Waals surface area contributed by atoms with Crippen LogP contribution in [-0.4, -0.2) is 26.0 Å². The molecule has 4 aromatic carbocycles. The smallest absolute Gasteiger partial charge is 0.410 e. The molecule has 0 saturated heterocycles. The van der Waals surface area contributed by atoms with Crippen LogP contribution < -0.4 is 14.8 Å². The molecular formula is C28H25N3O6S. The fraction of sp³-hybridized carbons (Fsp3) is 0.107. The molecule has 0 spiro atoms. The summed E-state index contributed by atoms with van der Waals surface area (Å²) in [6.07, 6.45) is 0.0581. The summed E-state index contributed by atoms with van der Waals surface area (Å²) >= 11 is 0. The summed E-state index contributed by atoms with van der Waals surface area (Å²) in [7, 11) is -4.03. The van der Waals surface area contributed by atoms with Crippen molar-refractivity contribution in [2.45, 2.75) is 17.9 Å². The Morgan fingerprint density at radius 1 is 0.842 bits per heavy atom. The highest BCUT2D eigenvalue weighted by Crippen LogP contribution is 2.32. The molecule has 1 amide bonds. The van der Waals surface area contributed by atoms with Crippen LogP contribution in [0.2, 0.25) is 0 Å². The SMILES string of the molecule is O=C(NCCc1ccccc1)Oc1ccccc1-c1ccccc1CNS(=O)(=O)c1cccc([N+](=O)[O-])c1. The Hall–Kier alpha value is -4.54. The van der Waals surface area contributed by atoms with Gasteiger partial charge in [0.2, 0.25) is 10.0 Å². The summed E-state index contributed by atoms with van der Waals surface area (Å²) in [6, 6.07) is 28.7. The highest BCUT2D eigenvalue weighted by atomic mass is 32.2. The van der Waals surface area contributed by atoms with Gasteiger partial charge in [-0.2, -0.15) is 0 Å². The lowest BCUT2D eigenvalue weighted by atomic mass is 9.99. The lowest BCUT2D eigenvalue weighted by molar-refractivity contribution is -0.385. The number of nitro groups is 1. The molecule has 9 nitrogen and oxygen atoms in total. The topological polar surface area (TPSA) is 128 Å². The number of nitro benzene ring substituents is 1. The van der Waals surface area contributed by atoms with E-state index in [2.05, 4.69) is 10.0 Å². The normalized spacial score (nSPS) is 11.1. The van der Waals surface area contributed by atoms with Crippen LogP contribution >= 0.6 is 0 Å². The Kier molecular flexibility index (Phi) is 8.47. The molecule has 0 aliphatic rings. The van der Waals surface area contributed by atoms with Gasteiger partial charge in [0.15, 0.2) is 0 Å². The van der Waals surface area contributed by atoms with Crippen LogP contribution in [0.15, 0.2) is 108 Å². The summed E-state index contributed by atoms with van der Waals surface area (Å²) < 4.78 is 33.8. The molecule has 0 aliphatic carbocycles. The molecule has 0 unspecified atom stereocenters. The quantitative estimate of drug-likeness (QED) is 0.217. The first-order valence-electron chi connectivity index (χ1n) is 11.7. The molecule has 0 aliphatic heterocycles. The highest BCUT2D eigenvalue weighted by Gasteiger charge is 2.19. The third-order valence-electron chi connectivity index (χ3n) is 5.71. The van der Waals surface area contributed by atoms with Gasteiger partial charge in [-0.25, -0.2) is 17.9 Å². The van der Waals surface area contributed by atoms with E-state index in [1.165, 1.54) is 18.2 Å². The number of benzene rings is 4. The molecule has 4 aromatic rings. The first-order chi connectivity index (χ1) is 18.3. The number of hydrogen-bond donors (Lipinski definition) is 2. The van der Waals surface area contributed by atoms with E-state index in [0.717, 1.165) is 11.6 Å². The van der Waals surface area contributed by atoms with Gasteiger partial charge in [-0.3, -0.25) is 10.1 Å². The molecule has 2 N–H and O–H groups in total. The Bertz CT molecular complexity index is 1540. The zero-order valence-corrected chi connectivity index (χ0v) is 21.1. The maximum absolute atomic E-state index is 12.8. The summed E-state index contributed by atoms with van der Waals surface area (Å²) in [5, 5.41) is 13.8.